The lowest BCUT2D eigenvalue weighted by Gasteiger charge is -2.30. The van der Waals surface area contributed by atoms with E-state index in [-0.39, 0.29) is 0 Å². The van der Waals surface area contributed by atoms with Crippen molar-refractivity contribution in [2.45, 2.75) is 6.54 Å². The molecule has 1 aromatic rings. The maximum atomic E-state index is 12.9. The second-order valence-electron chi connectivity index (χ2n) is 4.66. The topological polar surface area (TPSA) is 22.6 Å². The van der Waals surface area contributed by atoms with Gasteiger partial charge in [0, 0.05) is 38.9 Å². The zero-order chi connectivity index (χ0) is 12.3. The molecule has 5 heteroatoms. The molecule has 1 fully saturated rings. The monoisotopic (exact) mass is 238 g/mol. The van der Waals surface area contributed by atoms with Gasteiger partial charge in [0.05, 0.1) is 0 Å². The minimum absolute atomic E-state index is 0.459. The van der Waals surface area contributed by atoms with Gasteiger partial charge in [0.2, 0.25) is 0 Å². The molecule has 0 saturated carbocycles. The van der Waals surface area contributed by atoms with Gasteiger partial charge in [0.25, 0.3) is 0 Å². The number of aromatic nitrogens is 1. The zero-order valence-electron chi connectivity index (χ0n) is 10.4. The Kier molecular flexibility index (Phi) is 3.91. The second-order valence-corrected chi connectivity index (χ2v) is 4.66. The Labute approximate surface area is 102 Å². The summed E-state index contributed by atoms with van der Waals surface area (Å²) in [5, 5.41) is 0.858. The molecule has 0 bridgehead atoms. The molecule has 1 aliphatic rings. The molecule has 1 aliphatic heterocycles. The Hall–Kier alpha value is -1.20. The second kappa shape index (κ2) is 5.42. The lowest BCUT2D eigenvalue weighted by atomic mass is 10.2. The first kappa shape index (κ1) is 12.3. The van der Waals surface area contributed by atoms with E-state index in [1.807, 2.05) is 26.4 Å². The largest absolute Gasteiger partial charge is 0.354 e. The highest BCUT2D eigenvalue weighted by Gasteiger charge is 2.17. The van der Waals surface area contributed by atoms with Crippen LogP contribution in [-0.4, -0.2) is 55.3 Å². The van der Waals surface area contributed by atoms with Crippen LogP contribution in [0.3, 0.4) is 0 Å². The molecule has 94 valence electrons. The van der Waals surface area contributed by atoms with Crippen LogP contribution in [0.25, 0.3) is 0 Å². The van der Waals surface area contributed by atoms with Crippen LogP contribution in [0.15, 0.2) is 18.3 Å². The number of hydrogen-bond donors (Lipinski definition) is 0. The van der Waals surface area contributed by atoms with E-state index >= 15 is 0 Å². The Morgan fingerprint density at radius 3 is 2.47 bits per heavy atom. The van der Waals surface area contributed by atoms with Crippen molar-refractivity contribution in [3.8, 4) is 0 Å². The highest BCUT2D eigenvalue weighted by Crippen LogP contribution is 2.14. The first-order valence-electron chi connectivity index (χ1n) is 5.90. The van der Waals surface area contributed by atoms with Crippen LogP contribution >= 0.6 is 0 Å². The van der Waals surface area contributed by atoms with Gasteiger partial charge in [0.15, 0.2) is 0 Å². The van der Waals surface area contributed by atoms with E-state index in [1.54, 1.807) is 0 Å². The molecule has 2 heterocycles. The summed E-state index contributed by atoms with van der Waals surface area (Å²) in [6, 6.07) is 4.11. The molecule has 0 radical (unpaired) electrons. The molecule has 0 aromatic carbocycles. The average Bonchev–Trinajstić information content (AvgIpc) is 2.30. The van der Waals surface area contributed by atoms with Crippen molar-refractivity contribution in [1.29, 1.82) is 0 Å². The van der Waals surface area contributed by atoms with E-state index < -0.39 is 0 Å². The van der Waals surface area contributed by atoms with E-state index in [1.165, 1.54) is 5.56 Å². The van der Waals surface area contributed by atoms with Crippen molar-refractivity contribution < 1.29 is 4.48 Å². The molecule has 0 atom stereocenters. The molecule has 2 rings (SSSR count). The van der Waals surface area contributed by atoms with Gasteiger partial charge in [-0.25, -0.2) is 4.98 Å². The average molecular weight is 238 g/mol. The lowest BCUT2D eigenvalue weighted by Crippen LogP contribution is -2.43. The molecule has 0 N–H and O–H groups in total. The molecular formula is C12H19FN4. The molecule has 1 saturated heterocycles. The molecule has 0 amide bonds. The number of pyridine rings is 1. The summed E-state index contributed by atoms with van der Waals surface area (Å²) in [5.41, 5.74) is 1.20. The van der Waals surface area contributed by atoms with E-state index in [0.29, 0.717) is 26.2 Å². The minimum Gasteiger partial charge on any atom is -0.354 e. The molecule has 17 heavy (non-hydrogen) atoms. The van der Waals surface area contributed by atoms with Gasteiger partial charge < -0.3 is 9.80 Å². The van der Waals surface area contributed by atoms with E-state index in [2.05, 4.69) is 20.9 Å². The maximum Gasteiger partial charge on any atom is 0.128 e. The van der Waals surface area contributed by atoms with Crippen molar-refractivity contribution in [3.63, 3.8) is 0 Å². The fourth-order valence-corrected chi connectivity index (χ4v) is 1.97. The summed E-state index contributed by atoms with van der Waals surface area (Å²) in [6.45, 7) is 3.22. The maximum absolute atomic E-state index is 12.9. The van der Waals surface area contributed by atoms with Crippen molar-refractivity contribution in [2.75, 3.05) is 45.2 Å². The van der Waals surface area contributed by atoms with Crippen molar-refractivity contribution in [3.05, 3.63) is 23.9 Å². The number of anilines is 1. The summed E-state index contributed by atoms with van der Waals surface area (Å²) in [4.78, 5) is 8.67. The SMILES string of the molecule is CN(C)Cc1ccc(N2CCN(F)CC2)nc1. The van der Waals surface area contributed by atoms with Gasteiger partial charge in [-0.2, -0.15) is 0 Å². The van der Waals surface area contributed by atoms with Crippen molar-refractivity contribution in [1.82, 2.24) is 15.0 Å². The molecule has 0 spiro atoms. The highest BCUT2D eigenvalue weighted by atomic mass is 19.2. The van der Waals surface area contributed by atoms with Crippen LogP contribution in [0, 0.1) is 0 Å². The number of rotatable bonds is 3. The lowest BCUT2D eigenvalue weighted by molar-refractivity contribution is 0.0199. The van der Waals surface area contributed by atoms with Crippen molar-refractivity contribution >= 4 is 5.82 Å². The van der Waals surface area contributed by atoms with Gasteiger partial charge in [-0.1, -0.05) is 6.07 Å². The Morgan fingerprint density at radius 2 is 1.94 bits per heavy atom. The predicted octanol–water partition coefficient (Wildman–Crippen LogP) is 1.15. The van der Waals surface area contributed by atoms with E-state index in [9.17, 15) is 4.48 Å². The van der Waals surface area contributed by atoms with E-state index in [4.69, 9.17) is 0 Å². The summed E-state index contributed by atoms with van der Waals surface area (Å²) in [6.07, 6.45) is 1.90. The van der Waals surface area contributed by atoms with Crippen LogP contribution < -0.4 is 4.90 Å². The fourth-order valence-electron chi connectivity index (χ4n) is 1.97. The predicted molar refractivity (Wildman–Crippen MR) is 66.5 cm³/mol. The smallest absolute Gasteiger partial charge is 0.128 e. The Bertz CT molecular complexity index is 344. The fraction of sp³-hybridized carbons (Fsp3) is 0.583. The minimum atomic E-state index is 0.459. The van der Waals surface area contributed by atoms with E-state index in [0.717, 1.165) is 17.5 Å². The first-order chi connectivity index (χ1) is 8.15. The number of piperazine rings is 1. The number of hydrogen-bond acceptors (Lipinski definition) is 4. The van der Waals surface area contributed by atoms with Crippen LogP contribution in [0.1, 0.15) is 5.56 Å². The third-order valence-electron chi connectivity index (χ3n) is 2.86. The van der Waals surface area contributed by atoms with Crippen LogP contribution in [0.5, 0.6) is 0 Å². The first-order valence-corrected chi connectivity index (χ1v) is 5.90. The van der Waals surface area contributed by atoms with Gasteiger partial charge in [-0.05, 0) is 25.7 Å². The van der Waals surface area contributed by atoms with Gasteiger partial charge in [-0.3, -0.25) is 0 Å². The standard InChI is InChI=1S/C12H19FN4/c1-15(2)10-11-3-4-12(14-9-11)16-5-7-17(13)8-6-16/h3-4,9H,5-8,10H2,1-2H3. The third kappa shape index (κ3) is 3.38. The third-order valence-corrected chi connectivity index (χ3v) is 2.86. The van der Waals surface area contributed by atoms with Crippen LogP contribution in [0.4, 0.5) is 10.3 Å². The Morgan fingerprint density at radius 1 is 1.24 bits per heavy atom. The molecule has 0 aliphatic carbocycles. The summed E-state index contributed by atoms with van der Waals surface area (Å²) >= 11 is 0. The number of halogens is 1. The summed E-state index contributed by atoms with van der Waals surface area (Å²) in [7, 11) is 4.07. The highest BCUT2D eigenvalue weighted by molar-refractivity contribution is 5.39. The summed E-state index contributed by atoms with van der Waals surface area (Å²) < 4.78 is 12.9. The molecule has 0 unspecified atom stereocenters. The van der Waals surface area contributed by atoms with Crippen LogP contribution in [-0.2, 0) is 6.54 Å². The van der Waals surface area contributed by atoms with Crippen LogP contribution in [0.2, 0.25) is 0 Å². The van der Waals surface area contributed by atoms with Gasteiger partial charge >= 0.3 is 0 Å². The van der Waals surface area contributed by atoms with Gasteiger partial charge in [0.1, 0.15) is 5.82 Å². The van der Waals surface area contributed by atoms with Gasteiger partial charge in [-0.15, -0.1) is 9.60 Å². The summed E-state index contributed by atoms with van der Waals surface area (Å²) in [5.74, 6) is 0.945. The molecule has 4 nitrogen and oxygen atoms in total. The Balaban J connectivity index is 1.97. The van der Waals surface area contributed by atoms with Crippen molar-refractivity contribution in [2.24, 2.45) is 0 Å². The number of nitrogens with zero attached hydrogens (tertiary/aromatic N) is 4. The zero-order valence-corrected chi connectivity index (χ0v) is 10.4. The molecular weight excluding hydrogens is 219 g/mol. The normalized spacial score (nSPS) is 17.8. The molecule has 1 aromatic heterocycles. The quantitative estimate of drug-likeness (QED) is 0.737.